The van der Waals surface area contributed by atoms with Crippen molar-refractivity contribution in [3.8, 4) is 11.5 Å². The van der Waals surface area contributed by atoms with Gasteiger partial charge in [0.2, 0.25) is 11.8 Å². The first kappa shape index (κ1) is 17.0. The zero-order valence-electron chi connectivity index (χ0n) is 15.1. The molecule has 26 heavy (non-hydrogen) atoms. The van der Waals surface area contributed by atoms with E-state index in [9.17, 15) is 4.79 Å². The van der Waals surface area contributed by atoms with Gasteiger partial charge in [-0.3, -0.25) is 4.79 Å². The molecule has 2 N–H and O–H groups in total. The molecule has 0 spiro atoms. The van der Waals surface area contributed by atoms with Crippen molar-refractivity contribution >= 4 is 11.7 Å². The van der Waals surface area contributed by atoms with Crippen LogP contribution < -0.4 is 10.6 Å². The van der Waals surface area contributed by atoms with Gasteiger partial charge in [0, 0.05) is 18.8 Å². The molecule has 0 radical (unpaired) electrons. The van der Waals surface area contributed by atoms with Gasteiger partial charge in [0.15, 0.2) is 0 Å². The lowest BCUT2D eigenvalue weighted by atomic mass is 9.89. The van der Waals surface area contributed by atoms with Gasteiger partial charge in [0.1, 0.15) is 11.2 Å². The van der Waals surface area contributed by atoms with Crippen LogP contribution in [0.4, 0.5) is 5.82 Å². The van der Waals surface area contributed by atoms with Crippen molar-refractivity contribution in [2.24, 2.45) is 0 Å². The second kappa shape index (κ2) is 7.05. The van der Waals surface area contributed by atoms with E-state index >= 15 is 0 Å². The maximum absolute atomic E-state index is 12.1. The van der Waals surface area contributed by atoms with Crippen LogP contribution in [0.25, 0.3) is 11.5 Å². The highest BCUT2D eigenvalue weighted by molar-refractivity contribution is 5.88. The third-order valence-electron chi connectivity index (χ3n) is 5.54. The van der Waals surface area contributed by atoms with E-state index in [0.717, 1.165) is 24.2 Å². The standard InChI is InChI=1S/C19H25N5O2/c1-19(10-12-21-17(19)25)18-24-23-16(26-18)14-9-6-11-20-15(14)22-13-7-4-2-3-5-8-13/h6,9,11,13H,2-5,7-8,10,12H2,1H3,(H,20,22)(H,21,25). The Morgan fingerprint density at radius 3 is 2.77 bits per heavy atom. The molecule has 7 heteroatoms. The van der Waals surface area contributed by atoms with Crippen molar-refractivity contribution in [1.82, 2.24) is 20.5 Å². The SMILES string of the molecule is CC1(c2nnc(-c3cccnc3NC3CCCCCC3)o2)CCNC1=O. The Labute approximate surface area is 153 Å². The topological polar surface area (TPSA) is 92.9 Å². The number of hydrogen-bond donors (Lipinski definition) is 2. The van der Waals surface area contributed by atoms with E-state index in [-0.39, 0.29) is 5.91 Å². The molecule has 138 valence electrons. The molecule has 3 heterocycles. The predicted molar refractivity (Wildman–Crippen MR) is 97.6 cm³/mol. The summed E-state index contributed by atoms with van der Waals surface area (Å²) >= 11 is 0. The molecule has 1 aliphatic carbocycles. The van der Waals surface area contributed by atoms with Crippen molar-refractivity contribution in [3.05, 3.63) is 24.2 Å². The Kier molecular flexibility index (Phi) is 4.61. The number of pyridine rings is 1. The Morgan fingerprint density at radius 1 is 1.23 bits per heavy atom. The van der Waals surface area contributed by atoms with Gasteiger partial charge in [-0.2, -0.15) is 0 Å². The lowest BCUT2D eigenvalue weighted by Gasteiger charge is -2.18. The molecular formula is C19H25N5O2. The summed E-state index contributed by atoms with van der Waals surface area (Å²) in [6.07, 6.45) is 9.85. The number of nitrogens with one attached hydrogen (secondary N) is 2. The number of rotatable bonds is 4. The van der Waals surface area contributed by atoms with E-state index in [4.69, 9.17) is 4.42 Å². The number of aromatic nitrogens is 3. The molecule has 1 aliphatic heterocycles. The molecule has 2 aromatic rings. The summed E-state index contributed by atoms with van der Waals surface area (Å²) in [7, 11) is 0. The average Bonchev–Trinajstić information content (AvgIpc) is 3.18. The second-order valence-electron chi connectivity index (χ2n) is 7.48. The molecule has 1 saturated heterocycles. The molecular weight excluding hydrogens is 330 g/mol. The molecule has 2 aromatic heterocycles. The Bertz CT molecular complexity index is 782. The molecule has 0 bridgehead atoms. The highest BCUT2D eigenvalue weighted by atomic mass is 16.4. The van der Waals surface area contributed by atoms with Crippen LogP contribution in [0.1, 0.15) is 57.8 Å². The van der Waals surface area contributed by atoms with Crippen molar-refractivity contribution in [2.75, 3.05) is 11.9 Å². The summed E-state index contributed by atoms with van der Waals surface area (Å²) in [6.45, 7) is 2.48. The zero-order chi connectivity index (χ0) is 18.0. The minimum atomic E-state index is -0.748. The fourth-order valence-electron chi connectivity index (χ4n) is 3.80. The summed E-state index contributed by atoms with van der Waals surface area (Å²) in [5.41, 5.74) is 0.0417. The van der Waals surface area contributed by atoms with Crippen LogP contribution in [0.2, 0.25) is 0 Å². The fourth-order valence-corrected chi connectivity index (χ4v) is 3.80. The predicted octanol–water partition coefficient (Wildman–Crippen LogP) is 3.04. The number of hydrogen-bond acceptors (Lipinski definition) is 6. The summed E-state index contributed by atoms with van der Waals surface area (Å²) in [6, 6.07) is 4.22. The van der Waals surface area contributed by atoms with Crippen LogP contribution in [-0.2, 0) is 10.2 Å². The summed E-state index contributed by atoms with van der Waals surface area (Å²) < 4.78 is 5.92. The summed E-state index contributed by atoms with van der Waals surface area (Å²) in [4.78, 5) is 16.6. The van der Waals surface area contributed by atoms with E-state index in [1.165, 1.54) is 25.7 Å². The van der Waals surface area contributed by atoms with Gasteiger partial charge in [0.25, 0.3) is 5.89 Å². The second-order valence-corrected chi connectivity index (χ2v) is 7.48. The molecule has 0 aromatic carbocycles. The summed E-state index contributed by atoms with van der Waals surface area (Å²) in [5.74, 6) is 1.49. The third kappa shape index (κ3) is 3.18. The van der Waals surface area contributed by atoms with Gasteiger partial charge < -0.3 is 15.1 Å². The minimum absolute atomic E-state index is 0.0595. The Hall–Kier alpha value is -2.44. The number of anilines is 1. The van der Waals surface area contributed by atoms with Crippen molar-refractivity contribution in [2.45, 2.75) is 63.3 Å². The fraction of sp³-hybridized carbons (Fsp3) is 0.579. The maximum atomic E-state index is 12.1. The van der Waals surface area contributed by atoms with Crippen LogP contribution in [0.5, 0.6) is 0 Å². The molecule has 1 atom stereocenters. The van der Waals surface area contributed by atoms with Crippen LogP contribution in [0.3, 0.4) is 0 Å². The maximum Gasteiger partial charge on any atom is 0.251 e. The van der Waals surface area contributed by atoms with Gasteiger partial charge in [-0.25, -0.2) is 4.98 Å². The van der Waals surface area contributed by atoms with E-state index < -0.39 is 5.41 Å². The first-order valence-electron chi connectivity index (χ1n) is 9.51. The van der Waals surface area contributed by atoms with E-state index in [2.05, 4.69) is 25.8 Å². The van der Waals surface area contributed by atoms with Crippen LogP contribution in [0.15, 0.2) is 22.7 Å². The number of carbonyl (C=O) groups is 1. The number of nitrogens with zero attached hydrogens (tertiary/aromatic N) is 3. The quantitative estimate of drug-likeness (QED) is 0.819. The van der Waals surface area contributed by atoms with Gasteiger partial charge in [-0.05, 0) is 38.3 Å². The normalized spacial score (nSPS) is 24.3. The number of amides is 1. The van der Waals surface area contributed by atoms with E-state index in [1.807, 2.05) is 19.1 Å². The Morgan fingerprint density at radius 2 is 2.04 bits per heavy atom. The molecule has 1 amide bonds. The smallest absolute Gasteiger partial charge is 0.251 e. The largest absolute Gasteiger partial charge is 0.419 e. The molecule has 4 rings (SSSR count). The van der Waals surface area contributed by atoms with Gasteiger partial charge in [0.05, 0.1) is 5.56 Å². The van der Waals surface area contributed by atoms with Gasteiger partial charge in [-0.1, -0.05) is 25.7 Å². The molecule has 1 saturated carbocycles. The molecule has 1 unspecified atom stereocenters. The first-order chi connectivity index (χ1) is 12.7. The van der Waals surface area contributed by atoms with Gasteiger partial charge >= 0.3 is 0 Å². The van der Waals surface area contributed by atoms with Crippen molar-refractivity contribution in [3.63, 3.8) is 0 Å². The highest BCUT2D eigenvalue weighted by Gasteiger charge is 2.44. The first-order valence-corrected chi connectivity index (χ1v) is 9.51. The van der Waals surface area contributed by atoms with Crippen molar-refractivity contribution < 1.29 is 9.21 Å². The van der Waals surface area contributed by atoms with Gasteiger partial charge in [-0.15, -0.1) is 10.2 Å². The van der Waals surface area contributed by atoms with Crippen LogP contribution in [-0.4, -0.2) is 33.7 Å². The molecule has 2 aliphatic rings. The number of carbonyl (C=O) groups excluding carboxylic acids is 1. The van der Waals surface area contributed by atoms with E-state index in [0.29, 0.717) is 30.8 Å². The highest BCUT2D eigenvalue weighted by Crippen LogP contribution is 2.34. The third-order valence-corrected chi connectivity index (χ3v) is 5.54. The monoisotopic (exact) mass is 355 g/mol. The minimum Gasteiger partial charge on any atom is -0.419 e. The van der Waals surface area contributed by atoms with E-state index in [1.54, 1.807) is 6.20 Å². The lowest BCUT2D eigenvalue weighted by Crippen LogP contribution is -2.32. The summed E-state index contributed by atoms with van der Waals surface area (Å²) in [5, 5.41) is 14.8. The Balaban J connectivity index is 1.59. The average molecular weight is 355 g/mol. The molecule has 2 fully saturated rings. The van der Waals surface area contributed by atoms with Crippen LogP contribution >= 0.6 is 0 Å². The lowest BCUT2D eigenvalue weighted by molar-refractivity contribution is -0.124. The van der Waals surface area contributed by atoms with Crippen LogP contribution in [0, 0.1) is 0 Å². The zero-order valence-corrected chi connectivity index (χ0v) is 15.1. The van der Waals surface area contributed by atoms with Crippen molar-refractivity contribution in [1.29, 1.82) is 0 Å². The molecule has 7 nitrogen and oxygen atoms in total.